The fourth-order valence-corrected chi connectivity index (χ4v) is 0.598. The van der Waals surface area contributed by atoms with Crippen molar-refractivity contribution in [2.45, 2.75) is 0 Å². The molecule has 5 nitrogen and oxygen atoms in total. The van der Waals surface area contributed by atoms with E-state index in [0.29, 0.717) is 12.5 Å². The maximum absolute atomic E-state index is 10.1. The van der Waals surface area contributed by atoms with E-state index in [0.717, 1.165) is 6.54 Å². The first-order chi connectivity index (χ1) is 4.29. The molecule has 9 heavy (non-hydrogen) atoms. The van der Waals surface area contributed by atoms with Crippen molar-refractivity contribution in [2.24, 2.45) is 10.7 Å². The Morgan fingerprint density at radius 1 is 1.89 bits per heavy atom. The molecule has 0 atom stereocenters. The van der Waals surface area contributed by atoms with Gasteiger partial charge in [0.1, 0.15) is 0 Å². The molecule has 0 saturated heterocycles. The lowest BCUT2D eigenvalue weighted by Gasteiger charge is -1.98. The Morgan fingerprint density at radius 3 is 3.11 bits per heavy atom. The molecule has 5 heteroatoms. The Bertz CT molecular complexity index is 153. The SMILES string of the molecule is NC(=O)NC1=NCCN1. The third kappa shape index (κ3) is 1.60. The first kappa shape index (κ1) is 5.87. The third-order valence-electron chi connectivity index (χ3n) is 0.916. The lowest BCUT2D eigenvalue weighted by atomic mass is 10.7. The van der Waals surface area contributed by atoms with Crippen LogP contribution < -0.4 is 16.4 Å². The van der Waals surface area contributed by atoms with Gasteiger partial charge in [0.2, 0.25) is 0 Å². The summed E-state index contributed by atoms with van der Waals surface area (Å²) in [4.78, 5) is 14.0. The number of aliphatic imine (C=N–C) groups is 1. The van der Waals surface area contributed by atoms with Crippen molar-refractivity contribution in [2.75, 3.05) is 13.1 Å². The summed E-state index contributed by atoms with van der Waals surface area (Å²) in [6.07, 6.45) is 0. The van der Waals surface area contributed by atoms with Gasteiger partial charge in [-0.1, -0.05) is 0 Å². The topological polar surface area (TPSA) is 79.5 Å². The molecule has 0 bridgehead atoms. The van der Waals surface area contributed by atoms with Crippen molar-refractivity contribution in [3.8, 4) is 0 Å². The zero-order valence-corrected chi connectivity index (χ0v) is 4.85. The number of urea groups is 1. The molecule has 2 amide bonds. The normalized spacial score (nSPS) is 16.2. The van der Waals surface area contributed by atoms with E-state index in [2.05, 4.69) is 15.6 Å². The van der Waals surface area contributed by atoms with E-state index < -0.39 is 6.03 Å². The van der Waals surface area contributed by atoms with E-state index in [1.807, 2.05) is 0 Å². The number of nitrogens with zero attached hydrogens (tertiary/aromatic N) is 1. The summed E-state index contributed by atoms with van der Waals surface area (Å²) in [5.41, 5.74) is 4.80. The quantitative estimate of drug-likeness (QED) is 0.375. The summed E-state index contributed by atoms with van der Waals surface area (Å²) >= 11 is 0. The maximum Gasteiger partial charge on any atom is 0.318 e. The van der Waals surface area contributed by atoms with E-state index in [4.69, 9.17) is 5.73 Å². The average Bonchev–Trinajstić information content (AvgIpc) is 2.15. The molecule has 0 unspecified atom stereocenters. The highest BCUT2D eigenvalue weighted by Gasteiger charge is 2.04. The van der Waals surface area contributed by atoms with Crippen LogP contribution in [0.3, 0.4) is 0 Å². The average molecular weight is 128 g/mol. The van der Waals surface area contributed by atoms with Crippen LogP contribution in [-0.2, 0) is 0 Å². The Labute approximate surface area is 52.3 Å². The minimum Gasteiger partial charge on any atom is -0.354 e. The zero-order chi connectivity index (χ0) is 6.69. The fraction of sp³-hybridized carbons (Fsp3) is 0.500. The summed E-state index contributed by atoms with van der Waals surface area (Å²) in [5, 5.41) is 5.15. The van der Waals surface area contributed by atoms with Gasteiger partial charge >= 0.3 is 6.03 Å². The number of nitrogens with one attached hydrogen (secondary N) is 2. The van der Waals surface area contributed by atoms with Crippen LogP contribution in [0, 0.1) is 0 Å². The standard InChI is InChI=1S/C4H8N4O/c5-3(9)8-4-6-1-2-7-4/h1-2H2,(H4,5,6,7,8,9). The highest BCUT2D eigenvalue weighted by molar-refractivity contribution is 5.96. The molecule has 0 spiro atoms. The highest BCUT2D eigenvalue weighted by Crippen LogP contribution is 1.79. The van der Waals surface area contributed by atoms with Crippen molar-refractivity contribution in [1.82, 2.24) is 10.6 Å². The lowest BCUT2D eigenvalue weighted by Crippen LogP contribution is -2.41. The minimum absolute atomic E-state index is 0.475. The van der Waals surface area contributed by atoms with E-state index in [1.165, 1.54) is 0 Å². The number of guanidine groups is 1. The van der Waals surface area contributed by atoms with Crippen molar-refractivity contribution in [3.05, 3.63) is 0 Å². The second-order valence-electron chi connectivity index (χ2n) is 1.65. The van der Waals surface area contributed by atoms with Crippen LogP contribution in [0.4, 0.5) is 4.79 Å². The Morgan fingerprint density at radius 2 is 2.67 bits per heavy atom. The molecule has 1 rings (SSSR count). The largest absolute Gasteiger partial charge is 0.354 e. The molecule has 0 fully saturated rings. The Kier molecular flexibility index (Phi) is 1.53. The molecule has 1 aliphatic rings. The molecule has 1 aliphatic heterocycles. The molecular formula is C4H8N4O. The van der Waals surface area contributed by atoms with Gasteiger partial charge in [0.25, 0.3) is 0 Å². The van der Waals surface area contributed by atoms with Crippen LogP contribution in [0.2, 0.25) is 0 Å². The van der Waals surface area contributed by atoms with Crippen molar-refractivity contribution in [1.29, 1.82) is 0 Å². The van der Waals surface area contributed by atoms with Crippen molar-refractivity contribution >= 4 is 12.0 Å². The highest BCUT2D eigenvalue weighted by atomic mass is 16.2. The molecule has 0 aromatic rings. The maximum atomic E-state index is 10.1. The first-order valence-electron chi connectivity index (χ1n) is 2.64. The van der Waals surface area contributed by atoms with Gasteiger partial charge in [-0.3, -0.25) is 10.3 Å². The summed E-state index contributed by atoms with van der Waals surface area (Å²) in [6, 6.07) is -0.580. The van der Waals surface area contributed by atoms with Crippen LogP contribution in [0.5, 0.6) is 0 Å². The summed E-state index contributed by atoms with van der Waals surface area (Å²) in [7, 11) is 0. The van der Waals surface area contributed by atoms with Crippen LogP contribution in [0.25, 0.3) is 0 Å². The number of rotatable bonds is 0. The number of primary amides is 1. The number of hydrogen-bond donors (Lipinski definition) is 3. The monoisotopic (exact) mass is 128 g/mol. The van der Waals surface area contributed by atoms with Crippen molar-refractivity contribution in [3.63, 3.8) is 0 Å². The van der Waals surface area contributed by atoms with Gasteiger partial charge in [-0.15, -0.1) is 0 Å². The molecule has 50 valence electrons. The molecule has 0 radical (unpaired) electrons. The second kappa shape index (κ2) is 2.34. The van der Waals surface area contributed by atoms with E-state index in [1.54, 1.807) is 0 Å². The summed E-state index contributed by atoms with van der Waals surface area (Å²) < 4.78 is 0. The summed E-state index contributed by atoms with van der Waals surface area (Å²) in [6.45, 7) is 1.48. The lowest BCUT2D eigenvalue weighted by molar-refractivity contribution is 0.253. The molecule has 0 aromatic heterocycles. The zero-order valence-electron chi connectivity index (χ0n) is 4.85. The number of nitrogens with two attached hydrogens (primary N) is 1. The van der Waals surface area contributed by atoms with Crippen LogP contribution >= 0.6 is 0 Å². The van der Waals surface area contributed by atoms with Gasteiger partial charge in [-0.05, 0) is 0 Å². The van der Waals surface area contributed by atoms with Crippen molar-refractivity contribution < 1.29 is 4.79 Å². The minimum atomic E-state index is -0.580. The van der Waals surface area contributed by atoms with Gasteiger partial charge in [-0.25, -0.2) is 4.79 Å². The van der Waals surface area contributed by atoms with Gasteiger partial charge < -0.3 is 11.1 Å². The van der Waals surface area contributed by atoms with E-state index >= 15 is 0 Å². The Hall–Kier alpha value is -1.26. The van der Waals surface area contributed by atoms with Gasteiger partial charge in [0.15, 0.2) is 5.96 Å². The van der Waals surface area contributed by atoms with E-state index in [-0.39, 0.29) is 0 Å². The third-order valence-corrected chi connectivity index (χ3v) is 0.916. The number of amides is 2. The molecule has 0 aromatic carbocycles. The number of carbonyl (C=O) groups excluding carboxylic acids is 1. The van der Waals surface area contributed by atoms with Crippen LogP contribution in [0.1, 0.15) is 0 Å². The fourth-order valence-electron chi connectivity index (χ4n) is 0.598. The van der Waals surface area contributed by atoms with Gasteiger partial charge in [0.05, 0.1) is 6.54 Å². The molecule has 0 aliphatic carbocycles. The summed E-state index contributed by atoms with van der Waals surface area (Å²) in [5.74, 6) is 0.475. The number of hydrogen-bond acceptors (Lipinski definition) is 3. The molecule has 1 heterocycles. The Balaban J connectivity index is 2.35. The first-order valence-corrected chi connectivity index (χ1v) is 2.64. The number of carbonyl (C=O) groups is 1. The van der Waals surface area contributed by atoms with Gasteiger partial charge in [-0.2, -0.15) is 0 Å². The molecular weight excluding hydrogens is 120 g/mol. The predicted octanol–water partition coefficient (Wildman–Crippen LogP) is -1.39. The van der Waals surface area contributed by atoms with E-state index in [9.17, 15) is 4.79 Å². The molecule has 4 N–H and O–H groups in total. The van der Waals surface area contributed by atoms with Crippen LogP contribution in [0.15, 0.2) is 4.99 Å². The smallest absolute Gasteiger partial charge is 0.318 e. The van der Waals surface area contributed by atoms with Gasteiger partial charge in [0, 0.05) is 6.54 Å². The second-order valence-corrected chi connectivity index (χ2v) is 1.65. The predicted molar refractivity (Wildman–Crippen MR) is 33.0 cm³/mol. The van der Waals surface area contributed by atoms with Crippen LogP contribution in [-0.4, -0.2) is 25.1 Å². The molecule has 0 saturated carbocycles.